The molecule has 0 aliphatic carbocycles. The lowest BCUT2D eigenvalue weighted by Crippen LogP contribution is -2.19. The molecule has 22 heavy (non-hydrogen) atoms. The van der Waals surface area contributed by atoms with Crippen LogP contribution in [0.4, 0.5) is 21.8 Å². The van der Waals surface area contributed by atoms with E-state index in [0.717, 1.165) is 43.2 Å². The monoisotopic (exact) mass is 302 g/mol. The van der Waals surface area contributed by atoms with Crippen LogP contribution in [0, 0.1) is 12.7 Å². The van der Waals surface area contributed by atoms with Gasteiger partial charge in [0.15, 0.2) is 0 Å². The van der Waals surface area contributed by atoms with Crippen molar-refractivity contribution in [3.63, 3.8) is 0 Å². The molecule has 1 aromatic heterocycles. The van der Waals surface area contributed by atoms with E-state index in [1.807, 2.05) is 13.0 Å². The number of aromatic nitrogens is 2. The second-order valence-corrected chi connectivity index (χ2v) is 5.37. The first-order valence-electron chi connectivity index (χ1n) is 7.43. The Morgan fingerprint density at radius 1 is 1.27 bits per heavy atom. The van der Waals surface area contributed by atoms with E-state index in [2.05, 4.69) is 20.6 Å². The van der Waals surface area contributed by atoms with Crippen LogP contribution >= 0.6 is 0 Å². The zero-order valence-corrected chi connectivity index (χ0v) is 12.5. The standard InChI is InChI=1S/C16H19FN4O/c1-11-9-15(18-10-14-3-2-8-22-14)21-16(19-11)20-13-6-4-12(17)5-7-13/h4-7,9,14H,2-3,8,10H2,1H3,(H2,18,19,20,21). The maximum absolute atomic E-state index is 12.9. The molecule has 0 radical (unpaired) electrons. The topological polar surface area (TPSA) is 59.1 Å². The molecular weight excluding hydrogens is 283 g/mol. The van der Waals surface area contributed by atoms with E-state index in [9.17, 15) is 4.39 Å². The van der Waals surface area contributed by atoms with Crippen LogP contribution < -0.4 is 10.6 Å². The van der Waals surface area contributed by atoms with Crippen molar-refractivity contribution in [2.24, 2.45) is 0 Å². The fraction of sp³-hybridized carbons (Fsp3) is 0.375. The van der Waals surface area contributed by atoms with Crippen molar-refractivity contribution in [3.05, 3.63) is 41.8 Å². The lowest BCUT2D eigenvalue weighted by atomic mass is 10.2. The number of hydrogen-bond acceptors (Lipinski definition) is 5. The highest BCUT2D eigenvalue weighted by Crippen LogP contribution is 2.17. The zero-order valence-electron chi connectivity index (χ0n) is 12.5. The Morgan fingerprint density at radius 2 is 2.09 bits per heavy atom. The minimum atomic E-state index is -0.269. The van der Waals surface area contributed by atoms with E-state index >= 15 is 0 Å². The quantitative estimate of drug-likeness (QED) is 0.888. The van der Waals surface area contributed by atoms with Crippen LogP contribution in [0.2, 0.25) is 0 Å². The molecule has 0 bridgehead atoms. The summed E-state index contributed by atoms with van der Waals surface area (Å²) in [5.74, 6) is 0.976. The summed E-state index contributed by atoms with van der Waals surface area (Å²) in [6.07, 6.45) is 2.45. The fourth-order valence-electron chi connectivity index (χ4n) is 2.40. The van der Waals surface area contributed by atoms with Crippen LogP contribution in [0.15, 0.2) is 30.3 Å². The molecule has 1 aromatic carbocycles. The summed E-state index contributed by atoms with van der Waals surface area (Å²) in [5, 5.41) is 6.37. The number of ether oxygens (including phenoxy) is 1. The SMILES string of the molecule is Cc1cc(NCC2CCCO2)nc(Nc2ccc(F)cc2)n1. The molecule has 116 valence electrons. The Kier molecular flexibility index (Phi) is 4.48. The first-order valence-corrected chi connectivity index (χ1v) is 7.43. The first kappa shape index (κ1) is 14.7. The molecule has 1 unspecified atom stereocenters. The van der Waals surface area contributed by atoms with Gasteiger partial charge in [0.1, 0.15) is 11.6 Å². The average molecular weight is 302 g/mol. The molecule has 2 heterocycles. The number of nitrogens with zero attached hydrogens (tertiary/aromatic N) is 2. The van der Waals surface area contributed by atoms with Gasteiger partial charge in [0.2, 0.25) is 5.95 Å². The number of halogens is 1. The Balaban J connectivity index is 1.67. The second-order valence-electron chi connectivity index (χ2n) is 5.37. The number of rotatable bonds is 5. The molecule has 1 atom stereocenters. The summed E-state index contributed by atoms with van der Waals surface area (Å²) in [6.45, 7) is 3.49. The van der Waals surface area contributed by atoms with Gasteiger partial charge in [-0.1, -0.05) is 0 Å². The van der Waals surface area contributed by atoms with Crippen molar-refractivity contribution in [1.82, 2.24) is 9.97 Å². The van der Waals surface area contributed by atoms with E-state index in [1.54, 1.807) is 12.1 Å². The number of benzene rings is 1. The van der Waals surface area contributed by atoms with Crippen molar-refractivity contribution < 1.29 is 9.13 Å². The van der Waals surface area contributed by atoms with E-state index in [1.165, 1.54) is 12.1 Å². The van der Waals surface area contributed by atoms with E-state index in [4.69, 9.17) is 4.74 Å². The van der Waals surface area contributed by atoms with Gasteiger partial charge in [-0.2, -0.15) is 4.98 Å². The third-order valence-electron chi connectivity index (χ3n) is 3.49. The van der Waals surface area contributed by atoms with Crippen LogP contribution in [0.25, 0.3) is 0 Å². The third kappa shape index (κ3) is 3.92. The predicted molar refractivity (Wildman–Crippen MR) is 83.9 cm³/mol. The minimum Gasteiger partial charge on any atom is -0.376 e. The summed E-state index contributed by atoms with van der Waals surface area (Å²) >= 11 is 0. The van der Waals surface area contributed by atoms with Gasteiger partial charge in [-0.15, -0.1) is 0 Å². The smallest absolute Gasteiger partial charge is 0.229 e. The molecule has 0 amide bonds. The van der Waals surface area contributed by atoms with Crippen LogP contribution in [0.5, 0.6) is 0 Å². The molecular formula is C16H19FN4O. The molecule has 0 saturated carbocycles. The summed E-state index contributed by atoms with van der Waals surface area (Å²) in [6, 6.07) is 8.00. The van der Waals surface area contributed by atoms with E-state index in [0.29, 0.717) is 5.95 Å². The number of aryl methyl sites for hydroxylation is 1. The highest BCUT2D eigenvalue weighted by Gasteiger charge is 2.15. The Bertz CT molecular complexity index is 627. The molecule has 2 aromatic rings. The molecule has 3 rings (SSSR count). The molecule has 2 N–H and O–H groups in total. The first-order chi connectivity index (χ1) is 10.7. The Labute approximate surface area is 128 Å². The van der Waals surface area contributed by atoms with Crippen LogP contribution in [0.1, 0.15) is 18.5 Å². The molecule has 1 aliphatic heterocycles. The highest BCUT2D eigenvalue weighted by molar-refractivity contribution is 5.55. The average Bonchev–Trinajstić information content (AvgIpc) is 3.00. The number of anilines is 3. The molecule has 5 nitrogen and oxygen atoms in total. The predicted octanol–water partition coefficient (Wildman–Crippen LogP) is 3.26. The van der Waals surface area contributed by atoms with Crippen LogP contribution in [0.3, 0.4) is 0 Å². The zero-order chi connectivity index (χ0) is 15.4. The van der Waals surface area contributed by atoms with Crippen molar-refractivity contribution in [3.8, 4) is 0 Å². The molecule has 1 fully saturated rings. The van der Waals surface area contributed by atoms with Gasteiger partial charge < -0.3 is 15.4 Å². The molecule has 1 saturated heterocycles. The number of hydrogen-bond donors (Lipinski definition) is 2. The Hall–Kier alpha value is -2.21. The second kappa shape index (κ2) is 6.70. The lowest BCUT2D eigenvalue weighted by molar-refractivity contribution is 0.120. The summed E-state index contributed by atoms with van der Waals surface area (Å²) in [7, 11) is 0. The van der Waals surface area contributed by atoms with E-state index < -0.39 is 0 Å². The van der Waals surface area contributed by atoms with Gasteiger partial charge >= 0.3 is 0 Å². The van der Waals surface area contributed by atoms with Gasteiger partial charge in [-0.25, -0.2) is 9.37 Å². The van der Waals surface area contributed by atoms with Crippen molar-refractivity contribution in [2.75, 3.05) is 23.8 Å². The van der Waals surface area contributed by atoms with Gasteiger partial charge in [-0.3, -0.25) is 0 Å². The molecule has 0 spiro atoms. The van der Waals surface area contributed by atoms with Gasteiger partial charge in [0, 0.05) is 30.6 Å². The van der Waals surface area contributed by atoms with Crippen LogP contribution in [-0.2, 0) is 4.74 Å². The van der Waals surface area contributed by atoms with Crippen molar-refractivity contribution >= 4 is 17.5 Å². The van der Waals surface area contributed by atoms with Crippen molar-refractivity contribution in [2.45, 2.75) is 25.9 Å². The van der Waals surface area contributed by atoms with Gasteiger partial charge in [0.05, 0.1) is 6.10 Å². The lowest BCUT2D eigenvalue weighted by Gasteiger charge is -2.13. The van der Waals surface area contributed by atoms with Gasteiger partial charge in [-0.05, 0) is 44.0 Å². The normalized spacial score (nSPS) is 17.5. The Morgan fingerprint density at radius 3 is 2.82 bits per heavy atom. The largest absolute Gasteiger partial charge is 0.376 e. The third-order valence-corrected chi connectivity index (χ3v) is 3.49. The van der Waals surface area contributed by atoms with E-state index in [-0.39, 0.29) is 11.9 Å². The maximum Gasteiger partial charge on any atom is 0.229 e. The fourth-order valence-corrected chi connectivity index (χ4v) is 2.40. The summed E-state index contributed by atoms with van der Waals surface area (Å²) in [4.78, 5) is 8.77. The van der Waals surface area contributed by atoms with Crippen LogP contribution in [-0.4, -0.2) is 29.2 Å². The maximum atomic E-state index is 12.9. The van der Waals surface area contributed by atoms with Crippen molar-refractivity contribution in [1.29, 1.82) is 0 Å². The molecule has 1 aliphatic rings. The summed E-state index contributed by atoms with van der Waals surface area (Å²) in [5.41, 5.74) is 1.60. The molecule has 6 heteroatoms. The van der Waals surface area contributed by atoms with Gasteiger partial charge in [0.25, 0.3) is 0 Å². The summed E-state index contributed by atoms with van der Waals surface area (Å²) < 4.78 is 18.5. The number of nitrogens with one attached hydrogen (secondary N) is 2. The minimum absolute atomic E-state index is 0.253. The highest BCUT2D eigenvalue weighted by atomic mass is 19.1.